The smallest absolute Gasteiger partial charge is 0.173 e. The van der Waals surface area contributed by atoms with Gasteiger partial charge in [-0.25, -0.2) is 4.98 Å². The van der Waals surface area contributed by atoms with Crippen LogP contribution in [0.25, 0.3) is 0 Å². The molecule has 2 atom stereocenters. The van der Waals surface area contributed by atoms with E-state index >= 15 is 0 Å². The number of nitrogen functional groups attached to an aromatic ring is 1. The summed E-state index contributed by atoms with van der Waals surface area (Å²) in [7, 11) is 0. The van der Waals surface area contributed by atoms with Crippen LogP contribution in [0.1, 0.15) is 22.8 Å². The lowest BCUT2D eigenvalue weighted by Crippen LogP contribution is -2.39. The van der Waals surface area contributed by atoms with E-state index in [1.54, 1.807) is 6.20 Å². The molecule has 2 heterocycles. The standard InChI is InChI=1S/C13H19N3O2/c1-3-15-10-7-18-6-9(10)12(17)11-8(2)4-5-16-13(11)14/h4-5,9-10,15H,3,6-7H2,1-2H3,(H2,14,16). The van der Waals surface area contributed by atoms with Gasteiger partial charge in [-0.05, 0) is 25.1 Å². The number of nitrogens with two attached hydrogens (primary N) is 1. The summed E-state index contributed by atoms with van der Waals surface area (Å²) in [6.07, 6.45) is 1.62. The highest BCUT2D eigenvalue weighted by molar-refractivity contribution is 6.03. The number of hydrogen-bond donors (Lipinski definition) is 2. The Morgan fingerprint density at radius 3 is 3.06 bits per heavy atom. The first-order valence-corrected chi connectivity index (χ1v) is 6.21. The number of pyridine rings is 1. The predicted octanol–water partition coefficient (Wildman–Crippen LogP) is 0.779. The van der Waals surface area contributed by atoms with Crippen molar-refractivity contribution in [1.29, 1.82) is 0 Å². The van der Waals surface area contributed by atoms with Crippen LogP contribution in [0.2, 0.25) is 0 Å². The summed E-state index contributed by atoms with van der Waals surface area (Å²) in [5.41, 5.74) is 7.22. The molecule has 0 saturated carbocycles. The number of Topliss-reactive ketones (excluding diaryl/α,β-unsaturated/α-hetero) is 1. The number of hydrogen-bond acceptors (Lipinski definition) is 5. The number of anilines is 1. The number of carbonyl (C=O) groups is 1. The molecule has 5 nitrogen and oxygen atoms in total. The Balaban J connectivity index is 2.25. The van der Waals surface area contributed by atoms with Crippen molar-refractivity contribution >= 4 is 11.6 Å². The van der Waals surface area contributed by atoms with Crippen LogP contribution in [0.5, 0.6) is 0 Å². The number of nitrogens with one attached hydrogen (secondary N) is 1. The van der Waals surface area contributed by atoms with Crippen molar-refractivity contribution in [1.82, 2.24) is 10.3 Å². The average Bonchev–Trinajstić information content (AvgIpc) is 2.77. The molecule has 2 rings (SSSR count). The zero-order chi connectivity index (χ0) is 13.1. The van der Waals surface area contributed by atoms with Gasteiger partial charge in [-0.2, -0.15) is 0 Å². The van der Waals surface area contributed by atoms with Crippen LogP contribution in [-0.2, 0) is 4.74 Å². The van der Waals surface area contributed by atoms with Crippen LogP contribution >= 0.6 is 0 Å². The molecule has 18 heavy (non-hydrogen) atoms. The number of aryl methyl sites for hydroxylation is 1. The normalized spacial score (nSPS) is 23.2. The highest BCUT2D eigenvalue weighted by atomic mass is 16.5. The fraction of sp³-hybridized carbons (Fsp3) is 0.538. The molecule has 1 aromatic heterocycles. The van der Waals surface area contributed by atoms with Gasteiger partial charge in [0.15, 0.2) is 5.78 Å². The predicted molar refractivity (Wildman–Crippen MR) is 69.5 cm³/mol. The Morgan fingerprint density at radius 2 is 2.39 bits per heavy atom. The van der Waals surface area contributed by atoms with Crippen LogP contribution < -0.4 is 11.1 Å². The fourth-order valence-electron chi connectivity index (χ4n) is 2.36. The highest BCUT2D eigenvalue weighted by Gasteiger charge is 2.35. The molecule has 5 heteroatoms. The molecule has 2 unspecified atom stereocenters. The minimum Gasteiger partial charge on any atom is -0.383 e. The molecule has 0 bridgehead atoms. The molecule has 1 aliphatic rings. The summed E-state index contributed by atoms with van der Waals surface area (Å²) in [6.45, 7) is 5.74. The second-order valence-corrected chi connectivity index (χ2v) is 4.56. The van der Waals surface area contributed by atoms with Crippen LogP contribution in [0, 0.1) is 12.8 Å². The summed E-state index contributed by atoms with van der Waals surface area (Å²) in [5, 5.41) is 3.28. The molecular weight excluding hydrogens is 230 g/mol. The first kappa shape index (κ1) is 13.0. The maximum atomic E-state index is 12.5. The second-order valence-electron chi connectivity index (χ2n) is 4.56. The Hall–Kier alpha value is -1.46. The Bertz CT molecular complexity index is 428. The number of likely N-dealkylation sites (N-methyl/N-ethyl adjacent to an activating group) is 1. The summed E-state index contributed by atoms with van der Waals surface area (Å²) in [6, 6.07) is 1.88. The van der Waals surface area contributed by atoms with Gasteiger partial charge >= 0.3 is 0 Å². The topological polar surface area (TPSA) is 77.2 Å². The summed E-state index contributed by atoms with van der Waals surface area (Å²) in [4.78, 5) is 16.5. The SMILES string of the molecule is CCNC1COCC1C(=O)c1c(C)ccnc1N. The second kappa shape index (κ2) is 5.46. The van der Waals surface area contributed by atoms with Gasteiger partial charge < -0.3 is 15.8 Å². The molecule has 3 N–H and O–H groups in total. The lowest BCUT2D eigenvalue weighted by Gasteiger charge is -2.18. The molecule has 98 valence electrons. The third-order valence-corrected chi connectivity index (χ3v) is 3.32. The van der Waals surface area contributed by atoms with Gasteiger partial charge in [0, 0.05) is 12.2 Å². The third-order valence-electron chi connectivity index (χ3n) is 3.32. The molecule has 0 aromatic carbocycles. The minimum atomic E-state index is -0.171. The third kappa shape index (κ3) is 2.37. The van der Waals surface area contributed by atoms with E-state index in [1.807, 2.05) is 19.9 Å². The van der Waals surface area contributed by atoms with Gasteiger partial charge in [-0.15, -0.1) is 0 Å². The number of carbonyl (C=O) groups excluding carboxylic acids is 1. The van der Waals surface area contributed by atoms with E-state index in [9.17, 15) is 4.79 Å². The largest absolute Gasteiger partial charge is 0.383 e. The van der Waals surface area contributed by atoms with Crippen LogP contribution in [-0.4, -0.2) is 36.6 Å². The van der Waals surface area contributed by atoms with Crippen molar-refractivity contribution in [2.24, 2.45) is 5.92 Å². The molecule has 1 fully saturated rings. The van der Waals surface area contributed by atoms with Gasteiger partial charge in [-0.3, -0.25) is 4.79 Å². The van der Waals surface area contributed by atoms with Gasteiger partial charge in [0.1, 0.15) is 5.82 Å². The molecule has 0 radical (unpaired) electrons. The van der Waals surface area contributed by atoms with Gasteiger partial charge in [0.25, 0.3) is 0 Å². The average molecular weight is 249 g/mol. The van der Waals surface area contributed by atoms with E-state index in [1.165, 1.54) is 0 Å². The molecule has 0 spiro atoms. The van der Waals surface area contributed by atoms with E-state index in [-0.39, 0.29) is 17.7 Å². The number of rotatable bonds is 4. The van der Waals surface area contributed by atoms with Crippen molar-refractivity contribution in [3.8, 4) is 0 Å². The van der Waals surface area contributed by atoms with Gasteiger partial charge in [-0.1, -0.05) is 6.92 Å². The Labute approximate surface area is 107 Å². The van der Waals surface area contributed by atoms with Crippen LogP contribution in [0.3, 0.4) is 0 Å². The molecule has 0 amide bonds. The van der Waals surface area contributed by atoms with Crippen molar-refractivity contribution < 1.29 is 9.53 Å². The van der Waals surface area contributed by atoms with E-state index < -0.39 is 0 Å². The molecular formula is C13H19N3O2. The van der Waals surface area contributed by atoms with Crippen molar-refractivity contribution in [2.75, 3.05) is 25.5 Å². The summed E-state index contributed by atoms with van der Waals surface area (Å²) in [5.74, 6) is 0.166. The molecule has 1 saturated heterocycles. The van der Waals surface area contributed by atoms with E-state index in [0.29, 0.717) is 24.6 Å². The summed E-state index contributed by atoms with van der Waals surface area (Å²) >= 11 is 0. The Kier molecular flexibility index (Phi) is 3.93. The number of nitrogens with zero attached hydrogens (tertiary/aromatic N) is 1. The molecule has 1 aliphatic heterocycles. The van der Waals surface area contributed by atoms with E-state index in [0.717, 1.165) is 12.1 Å². The quantitative estimate of drug-likeness (QED) is 0.771. The minimum absolute atomic E-state index is 0.0292. The lowest BCUT2D eigenvalue weighted by molar-refractivity contribution is 0.0892. The zero-order valence-corrected chi connectivity index (χ0v) is 10.8. The zero-order valence-electron chi connectivity index (χ0n) is 10.8. The first-order chi connectivity index (χ1) is 8.65. The van der Waals surface area contributed by atoms with E-state index in [4.69, 9.17) is 10.5 Å². The van der Waals surface area contributed by atoms with E-state index in [2.05, 4.69) is 10.3 Å². The fourth-order valence-corrected chi connectivity index (χ4v) is 2.36. The molecule has 1 aromatic rings. The Morgan fingerprint density at radius 1 is 1.61 bits per heavy atom. The monoisotopic (exact) mass is 249 g/mol. The van der Waals surface area contributed by atoms with Gasteiger partial charge in [0.2, 0.25) is 0 Å². The molecule has 0 aliphatic carbocycles. The summed E-state index contributed by atoms with van der Waals surface area (Å²) < 4.78 is 5.40. The van der Waals surface area contributed by atoms with Crippen molar-refractivity contribution in [3.63, 3.8) is 0 Å². The maximum Gasteiger partial charge on any atom is 0.173 e. The maximum absolute atomic E-state index is 12.5. The van der Waals surface area contributed by atoms with Crippen molar-refractivity contribution in [3.05, 3.63) is 23.4 Å². The number of ether oxygens (including phenoxy) is 1. The number of ketones is 1. The van der Waals surface area contributed by atoms with Crippen molar-refractivity contribution in [2.45, 2.75) is 19.9 Å². The number of aromatic nitrogens is 1. The van der Waals surface area contributed by atoms with Crippen LogP contribution in [0.15, 0.2) is 12.3 Å². The van der Waals surface area contributed by atoms with Gasteiger partial charge in [0.05, 0.1) is 24.7 Å². The lowest BCUT2D eigenvalue weighted by atomic mass is 9.91. The first-order valence-electron chi connectivity index (χ1n) is 6.21. The highest BCUT2D eigenvalue weighted by Crippen LogP contribution is 2.23. The van der Waals surface area contributed by atoms with Crippen LogP contribution in [0.4, 0.5) is 5.82 Å².